The largest absolute Gasteiger partial charge is 0.394 e. The number of rotatable bonds is 10. The summed E-state index contributed by atoms with van der Waals surface area (Å²) in [4.78, 5) is 9.66. The molecule has 1 saturated heterocycles. The first-order chi connectivity index (χ1) is 18.8. The van der Waals surface area contributed by atoms with E-state index >= 15 is 0 Å². The predicted molar refractivity (Wildman–Crippen MR) is 147 cm³/mol. The molecule has 1 aromatic carbocycles. The van der Waals surface area contributed by atoms with E-state index in [2.05, 4.69) is 38.5 Å². The van der Waals surface area contributed by atoms with Crippen LogP contribution in [0.3, 0.4) is 0 Å². The molecule has 3 heterocycles. The van der Waals surface area contributed by atoms with E-state index in [9.17, 15) is 9.50 Å². The Morgan fingerprint density at radius 2 is 2.08 bits per heavy atom. The van der Waals surface area contributed by atoms with Gasteiger partial charge in [-0.2, -0.15) is 0 Å². The number of thioether (sulfide) groups is 1. The van der Waals surface area contributed by atoms with Crippen molar-refractivity contribution in [2.45, 2.75) is 87.3 Å². The first-order valence-corrected chi connectivity index (χ1v) is 15.1. The molecule has 3 fully saturated rings. The number of aliphatic hydroxyl groups is 1. The van der Waals surface area contributed by atoms with Crippen molar-refractivity contribution in [3.63, 3.8) is 0 Å². The van der Waals surface area contributed by atoms with Crippen LogP contribution in [-0.2, 0) is 14.2 Å². The number of nitrogens with zero attached hydrogens (tertiary/aromatic N) is 5. The number of anilines is 1. The zero-order valence-corrected chi connectivity index (χ0v) is 24.4. The summed E-state index contributed by atoms with van der Waals surface area (Å²) in [7, 11) is 0. The first kappa shape index (κ1) is 27.3. The van der Waals surface area contributed by atoms with Gasteiger partial charge in [-0.05, 0) is 60.3 Å². The van der Waals surface area contributed by atoms with E-state index < -0.39 is 5.79 Å². The molecule has 3 aromatic rings. The molecule has 2 N–H and O–H groups in total. The van der Waals surface area contributed by atoms with Gasteiger partial charge in [0.05, 0.1) is 29.8 Å². The lowest BCUT2D eigenvalue weighted by Crippen LogP contribution is -2.31. The van der Waals surface area contributed by atoms with Crippen LogP contribution >= 0.6 is 27.7 Å². The lowest BCUT2D eigenvalue weighted by molar-refractivity contribution is -0.171. The fourth-order valence-electron chi connectivity index (χ4n) is 5.55. The maximum absolute atomic E-state index is 14.1. The number of nitrogens with one attached hydrogen (secondary N) is 1. The highest BCUT2D eigenvalue weighted by Gasteiger charge is 2.56. The van der Waals surface area contributed by atoms with Crippen LogP contribution in [0.25, 0.3) is 11.2 Å². The third-order valence-electron chi connectivity index (χ3n) is 7.34. The van der Waals surface area contributed by atoms with E-state index in [0.717, 1.165) is 24.2 Å². The summed E-state index contributed by atoms with van der Waals surface area (Å²) < 4.78 is 34.8. The molecule has 39 heavy (non-hydrogen) atoms. The van der Waals surface area contributed by atoms with Crippen LogP contribution in [0.1, 0.15) is 57.6 Å². The molecule has 2 saturated carbocycles. The Bertz CT molecular complexity index is 1360. The van der Waals surface area contributed by atoms with Gasteiger partial charge in [0.2, 0.25) is 0 Å². The molecular formula is C26H32BrFN6O4S. The number of ether oxygens (including phenoxy) is 3. The summed E-state index contributed by atoms with van der Waals surface area (Å²) >= 11 is 4.82. The van der Waals surface area contributed by atoms with Crippen LogP contribution in [0.5, 0.6) is 0 Å². The number of hydrogen-bond donors (Lipinski definition) is 2. The molecular weight excluding hydrogens is 591 g/mol. The van der Waals surface area contributed by atoms with Gasteiger partial charge in [-0.1, -0.05) is 30.0 Å². The highest BCUT2D eigenvalue weighted by atomic mass is 79.9. The lowest BCUT2D eigenvalue weighted by Gasteiger charge is -2.23. The minimum Gasteiger partial charge on any atom is -0.394 e. The molecule has 10 nitrogen and oxygen atoms in total. The lowest BCUT2D eigenvalue weighted by atomic mass is 10.1. The fraction of sp³-hybridized carbons (Fsp3) is 0.615. The number of hydrogen-bond acceptors (Lipinski definition) is 10. The molecule has 0 unspecified atom stereocenters. The average Bonchev–Trinajstić information content (AvgIpc) is 3.24. The minimum absolute atomic E-state index is 0.0651. The van der Waals surface area contributed by atoms with Gasteiger partial charge in [0.15, 0.2) is 27.9 Å². The number of benzene rings is 1. The average molecular weight is 624 g/mol. The SMILES string of the molecule is CCCSc1nc(N[C@@H]2C[C@H]2c2ccc(Br)c(F)c2)c2nnn([C@@H]3C[C@H](OCCO)[C@H]4OC(C)(C)O[C@H]43)c2n1. The van der Waals surface area contributed by atoms with Crippen molar-refractivity contribution in [2.75, 3.05) is 24.3 Å². The third kappa shape index (κ3) is 5.41. The topological polar surface area (TPSA) is 116 Å². The molecule has 6 atom stereocenters. The summed E-state index contributed by atoms with van der Waals surface area (Å²) in [5.41, 5.74) is 2.16. The van der Waals surface area contributed by atoms with Crippen LogP contribution in [0, 0.1) is 5.82 Å². The number of aliphatic hydroxyl groups excluding tert-OH is 1. The van der Waals surface area contributed by atoms with Gasteiger partial charge >= 0.3 is 0 Å². The zero-order valence-electron chi connectivity index (χ0n) is 22.0. The van der Waals surface area contributed by atoms with Gasteiger partial charge < -0.3 is 24.6 Å². The molecule has 2 aromatic heterocycles. The molecule has 3 aliphatic rings. The Labute approximate surface area is 238 Å². The summed E-state index contributed by atoms with van der Waals surface area (Å²) in [5, 5.41) is 22.5. The molecule has 6 rings (SSSR count). The molecule has 0 amide bonds. The summed E-state index contributed by atoms with van der Waals surface area (Å²) in [6, 6.07) is 5.18. The fourth-order valence-corrected chi connectivity index (χ4v) is 6.49. The van der Waals surface area contributed by atoms with Crippen LogP contribution < -0.4 is 5.32 Å². The van der Waals surface area contributed by atoms with Gasteiger partial charge in [-0.3, -0.25) is 0 Å². The molecule has 0 bridgehead atoms. The zero-order chi connectivity index (χ0) is 27.3. The molecule has 0 spiro atoms. The highest BCUT2D eigenvalue weighted by molar-refractivity contribution is 9.10. The van der Waals surface area contributed by atoms with Crippen LogP contribution in [-0.4, -0.2) is 79.2 Å². The molecule has 0 radical (unpaired) electrons. The monoisotopic (exact) mass is 622 g/mol. The van der Waals surface area contributed by atoms with Crippen LogP contribution in [0.15, 0.2) is 27.8 Å². The van der Waals surface area contributed by atoms with E-state index in [0.29, 0.717) is 33.0 Å². The van der Waals surface area contributed by atoms with E-state index in [-0.39, 0.29) is 55.3 Å². The van der Waals surface area contributed by atoms with Crippen molar-refractivity contribution in [3.05, 3.63) is 34.1 Å². The number of halogens is 2. The van der Waals surface area contributed by atoms with Crippen LogP contribution in [0.2, 0.25) is 0 Å². The normalized spacial score (nSPS) is 29.2. The number of aromatic nitrogens is 5. The van der Waals surface area contributed by atoms with Crippen molar-refractivity contribution in [1.82, 2.24) is 25.0 Å². The van der Waals surface area contributed by atoms with Gasteiger partial charge in [0.1, 0.15) is 18.0 Å². The standard InChI is InChI=1S/C26H32BrFN6O4S/c1-4-9-39-25-30-23(29-17-11-14(17)13-5-6-15(27)16(28)10-13)20-24(31-25)34(33-32-20)18-12-19(36-8-7-35)22-21(18)37-26(2,3)38-22/h5-6,10,14,17-19,21-22,35H,4,7-9,11-12H2,1-3H3,(H,29,30,31)/t14-,17+,18+,19-,21-,22+/m0/s1. The third-order valence-corrected chi connectivity index (χ3v) is 9.04. The van der Waals surface area contributed by atoms with Crippen molar-refractivity contribution in [3.8, 4) is 0 Å². The number of fused-ring (bicyclic) bond motifs is 2. The molecule has 2 aliphatic carbocycles. The van der Waals surface area contributed by atoms with Gasteiger partial charge in [0.25, 0.3) is 0 Å². The molecule has 1 aliphatic heterocycles. The Morgan fingerprint density at radius 3 is 2.85 bits per heavy atom. The van der Waals surface area contributed by atoms with Crippen LogP contribution in [0.4, 0.5) is 10.2 Å². The molecule has 13 heteroatoms. The molecule has 210 valence electrons. The second kappa shape index (κ2) is 10.8. The van der Waals surface area contributed by atoms with E-state index in [1.807, 2.05) is 24.6 Å². The van der Waals surface area contributed by atoms with E-state index in [4.69, 9.17) is 24.2 Å². The van der Waals surface area contributed by atoms with E-state index in [1.54, 1.807) is 23.9 Å². The predicted octanol–water partition coefficient (Wildman–Crippen LogP) is 4.44. The summed E-state index contributed by atoms with van der Waals surface area (Å²) in [6.45, 7) is 6.05. The Hall–Kier alpha value is -1.90. The Kier molecular flexibility index (Phi) is 7.57. The Balaban J connectivity index is 1.31. The Morgan fingerprint density at radius 1 is 1.26 bits per heavy atom. The summed E-state index contributed by atoms with van der Waals surface area (Å²) in [5.74, 6) is 0.670. The highest BCUT2D eigenvalue weighted by Crippen LogP contribution is 2.47. The van der Waals surface area contributed by atoms with Gasteiger partial charge in [-0.25, -0.2) is 19.0 Å². The maximum atomic E-state index is 14.1. The van der Waals surface area contributed by atoms with Gasteiger partial charge in [-0.15, -0.1) is 5.10 Å². The van der Waals surface area contributed by atoms with Crippen molar-refractivity contribution < 1.29 is 23.7 Å². The van der Waals surface area contributed by atoms with Gasteiger partial charge in [0, 0.05) is 24.1 Å². The van der Waals surface area contributed by atoms with Crippen molar-refractivity contribution >= 4 is 44.7 Å². The second-order valence-electron chi connectivity index (χ2n) is 10.7. The quantitative estimate of drug-likeness (QED) is 0.248. The smallest absolute Gasteiger partial charge is 0.191 e. The minimum atomic E-state index is -0.761. The first-order valence-electron chi connectivity index (χ1n) is 13.3. The maximum Gasteiger partial charge on any atom is 0.191 e. The summed E-state index contributed by atoms with van der Waals surface area (Å²) in [6.07, 6.45) is 1.61. The van der Waals surface area contributed by atoms with Crippen molar-refractivity contribution in [1.29, 1.82) is 0 Å². The van der Waals surface area contributed by atoms with Crippen molar-refractivity contribution in [2.24, 2.45) is 0 Å². The second-order valence-corrected chi connectivity index (χ2v) is 12.6. The van der Waals surface area contributed by atoms with E-state index in [1.165, 1.54) is 0 Å².